The molecule has 0 aliphatic carbocycles. The molecule has 15 heavy (non-hydrogen) atoms. The number of hydrazine groups is 1. The molecule has 0 bridgehead atoms. The summed E-state index contributed by atoms with van der Waals surface area (Å²) in [5, 5.41) is 34.8. The molecule has 86 valence electrons. The van der Waals surface area contributed by atoms with Crippen molar-refractivity contribution in [1.82, 2.24) is 5.43 Å². The summed E-state index contributed by atoms with van der Waals surface area (Å²) < 4.78 is 0. The molecule has 0 aromatic heterocycles. The summed E-state index contributed by atoms with van der Waals surface area (Å²) in [6.45, 7) is 0. The van der Waals surface area contributed by atoms with Crippen LogP contribution in [-0.4, -0.2) is 50.0 Å². The number of hydrogen-bond acceptors (Lipinski definition) is 6. The van der Waals surface area contributed by atoms with E-state index < -0.39 is 36.0 Å². The molecular weight excluding hydrogens is 212 g/mol. The van der Waals surface area contributed by atoms with Crippen molar-refractivity contribution in [3.63, 3.8) is 0 Å². The van der Waals surface area contributed by atoms with Gasteiger partial charge in [-0.3, -0.25) is 15.4 Å². The van der Waals surface area contributed by atoms with Crippen LogP contribution in [0.5, 0.6) is 0 Å². The van der Waals surface area contributed by atoms with E-state index in [1.165, 1.54) is 5.43 Å². The first-order valence-corrected chi connectivity index (χ1v) is 3.62. The Labute approximate surface area is 83.1 Å². The van der Waals surface area contributed by atoms with Gasteiger partial charge in [-0.05, 0) is 0 Å². The summed E-state index contributed by atoms with van der Waals surface area (Å²) >= 11 is 0. The lowest BCUT2D eigenvalue weighted by Crippen LogP contribution is -2.62. The molecule has 2 atom stereocenters. The van der Waals surface area contributed by atoms with Crippen LogP contribution in [-0.2, 0) is 14.4 Å². The van der Waals surface area contributed by atoms with Gasteiger partial charge < -0.3 is 20.4 Å². The Morgan fingerprint density at radius 3 is 1.93 bits per heavy atom. The van der Waals surface area contributed by atoms with Crippen LogP contribution in [0.2, 0.25) is 0 Å². The summed E-state index contributed by atoms with van der Waals surface area (Å²) in [5.74, 6) is -0.704. The summed E-state index contributed by atoms with van der Waals surface area (Å²) in [4.78, 5) is 31.4. The maximum absolute atomic E-state index is 10.6. The summed E-state index contributed by atoms with van der Waals surface area (Å²) in [5.41, 5.74) is -1.47. The molecular formula is C6H10N2O7. The van der Waals surface area contributed by atoms with Gasteiger partial charge in [0, 0.05) is 0 Å². The average Bonchev–Trinajstić information content (AvgIpc) is 2.02. The molecule has 0 saturated heterocycles. The average molecular weight is 222 g/mol. The molecule has 0 aliphatic rings. The maximum Gasteiger partial charge on any atom is 0.338 e. The molecule has 0 aromatic carbocycles. The fourth-order valence-electron chi connectivity index (χ4n) is 0.945. The molecule has 9 heteroatoms. The van der Waals surface area contributed by atoms with Gasteiger partial charge in [0.15, 0.2) is 11.6 Å². The largest absolute Gasteiger partial charge is 0.481 e. The zero-order valence-electron chi connectivity index (χ0n) is 7.38. The lowest BCUT2D eigenvalue weighted by Gasteiger charge is -2.27. The van der Waals surface area contributed by atoms with Crippen LogP contribution in [0.4, 0.5) is 0 Å². The van der Waals surface area contributed by atoms with Crippen LogP contribution in [0.25, 0.3) is 0 Å². The lowest BCUT2D eigenvalue weighted by molar-refractivity contribution is -0.174. The van der Waals surface area contributed by atoms with E-state index in [1.54, 1.807) is 0 Å². The minimum absolute atomic E-state index is 1.29. The molecule has 0 radical (unpaired) electrons. The molecule has 2 unspecified atom stereocenters. The zero-order valence-corrected chi connectivity index (χ0v) is 7.38. The van der Waals surface area contributed by atoms with E-state index in [4.69, 9.17) is 21.2 Å². The molecule has 0 spiro atoms. The highest BCUT2D eigenvalue weighted by molar-refractivity contribution is 5.91. The Hall–Kier alpha value is -1.71. The Morgan fingerprint density at radius 2 is 1.73 bits per heavy atom. The summed E-state index contributed by atoms with van der Waals surface area (Å²) in [7, 11) is 0. The number of hydrogen-bond donors (Lipinski definition) is 6. The van der Waals surface area contributed by atoms with Crippen LogP contribution < -0.4 is 11.3 Å². The standard InChI is InChI=1S/C6H10N2O7/c7-8-3(4(11)12)6(15,5(13)14)1-2(9)10/h3,8,15H,1,7H2,(H,9,10)(H,11,12)(H,13,14). The van der Waals surface area contributed by atoms with Gasteiger partial charge in [-0.25, -0.2) is 10.2 Å². The highest BCUT2D eigenvalue weighted by atomic mass is 16.4. The fraction of sp³-hybridized carbons (Fsp3) is 0.500. The summed E-state index contributed by atoms with van der Waals surface area (Å²) in [6.07, 6.45) is -1.29. The van der Waals surface area contributed by atoms with Crippen molar-refractivity contribution >= 4 is 17.9 Å². The van der Waals surface area contributed by atoms with Gasteiger partial charge >= 0.3 is 17.9 Å². The molecule has 9 nitrogen and oxygen atoms in total. The Balaban J connectivity index is 5.15. The number of nitrogens with one attached hydrogen (secondary N) is 1. The molecule has 0 fully saturated rings. The van der Waals surface area contributed by atoms with Crippen LogP contribution in [0, 0.1) is 0 Å². The van der Waals surface area contributed by atoms with Gasteiger partial charge in [-0.2, -0.15) is 0 Å². The second kappa shape index (κ2) is 4.68. The van der Waals surface area contributed by atoms with Gasteiger partial charge in [0.25, 0.3) is 0 Å². The molecule has 0 aromatic rings. The third-order valence-electron chi connectivity index (χ3n) is 1.68. The maximum atomic E-state index is 10.6. The number of nitrogens with two attached hydrogens (primary N) is 1. The van der Waals surface area contributed by atoms with E-state index in [9.17, 15) is 19.5 Å². The van der Waals surface area contributed by atoms with Crippen molar-refractivity contribution < 1.29 is 34.8 Å². The number of aliphatic hydroxyl groups is 1. The third-order valence-corrected chi connectivity index (χ3v) is 1.68. The fourth-order valence-corrected chi connectivity index (χ4v) is 0.945. The smallest absolute Gasteiger partial charge is 0.338 e. The van der Waals surface area contributed by atoms with Crippen LogP contribution in [0.15, 0.2) is 0 Å². The first kappa shape index (κ1) is 13.3. The van der Waals surface area contributed by atoms with Crippen molar-refractivity contribution in [2.45, 2.75) is 18.1 Å². The second-order valence-electron chi connectivity index (χ2n) is 2.74. The van der Waals surface area contributed by atoms with E-state index in [-0.39, 0.29) is 0 Å². The number of carboxylic acids is 3. The first-order chi connectivity index (χ1) is 6.75. The normalized spacial score (nSPS) is 16.4. The van der Waals surface area contributed by atoms with Crippen molar-refractivity contribution in [1.29, 1.82) is 0 Å². The van der Waals surface area contributed by atoms with E-state index >= 15 is 0 Å². The quantitative estimate of drug-likeness (QED) is 0.205. The van der Waals surface area contributed by atoms with E-state index in [2.05, 4.69) is 0 Å². The summed E-state index contributed by atoms with van der Waals surface area (Å²) in [6, 6.07) is -2.12. The van der Waals surface area contributed by atoms with Crippen molar-refractivity contribution in [2.75, 3.05) is 0 Å². The van der Waals surface area contributed by atoms with E-state index in [0.717, 1.165) is 0 Å². The minimum Gasteiger partial charge on any atom is -0.481 e. The van der Waals surface area contributed by atoms with Gasteiger partial charge in [-0.15, -0.1) is 0 Å². The predicted molar refractivity (Wildman–Crippen MR) is 43.6 cm³/mol. The molecule has 7 N–H and O–H groups in total. The lowest BCUT2D eigenvalue weighted by atomic mass is 9.91. The van der Waals surface area contributed by atoms with Gasteiger partial charge in [0.1, 0.15) is 0 Å². The van der Waals surface area contributed by atoms with Crippen molar-refractivity contribution in [2.24, 2.45) is 5.84 Å². The Kier molecular flexibility index (Phi) is 4.15. The van der Waals surface area contributed by atoms with E-state index in [1.807, 2.05) is 0 Å². The Morgan fingerprint density at radius 1 is 1.27 bits per heavy atom. The monoisotopic (exact) mass is 222 g/mol. The first-order valence-electron chi connectivity index (χ1n) is 3.62. The third kappa shape index (κ3) is 2.87. The number of aliphatic carboxylic acids is 3. The highest BCUT2D eigenvalue weighted by Gasteiger charge is 2.49. The van der Waals surface area contributed by atoms with Crippen LogP contribution in [0.3, 0.4) is 0 Å². The number of rotatable bonds is 6. The molecule has 0 amide bonds. The topological polar surface area (TPSA) is 170 Å². The highest BCUT2D eigenvalue weighted by Crippen LogP contribution is 2.16. The molecule has 0 heterocycles. The minimum atomic E-state index is -3.01. The zero-order chi connectivity index (χ0) is 12.2. The SMILES string of the molecule is NNC(C(=O)O)C(O)(CC(=O)O)C(=O)O. The number of carbonyl (C=O) groups is 3. The predicted octanol–water partition coefficient (Wildman–Crippen LogP) is -2.81. The second-order valence-corrected chi connectivity index (χ2v) is 2.74. The molecule has 0 aliphatic heterocycles. The van der Waals surface area contributed by atoms with Gasteiger partial charge in [0.05, 0.1) is 6.42 Å². The van der Waals surface area contributed by atoms with Crippen LogP contribution >= 0.6 is 0 Å². The van der Waals surface area contributed by atoms with Crippen molar-refractivity contribution in [3.05, 3.63) is 0 Å². The molecule has 0 rings (SSSR count). The molecule has 0 saturated carbocycles. The Bertz CT molecular complexity index is 291. The number of carboxylic acid groups (broad SMARTS) is 3. The van der Waals surface area contributed by atoms with Gasteiger partial charge in [-0.1, -0.05) is 0 Å². The van der Waals surface area contributed by atoms with Crippen LogP contribution in [0.1, 0.15) is 6.42 Å². The van der Waals surface area contributed by atoms with E-state index in [0.29, 0.717) is 0 Å². The van der Waals surface area contributed by atoms with Gasteiger partial charge in [0.2, 0.25) is 0 Å². The van der Waals surface area contributed by atoms with Crippen molar-refractivity contribution in [3.8, 4) is 0 Å².